The second-order valence-electron chi connectivity index (χ2n) is 6.47. The first-order valence-electron chi connectivity index (χ1n) is 9.31. The van der Waals surface area contributed by atoms with Gasteiger partial charge in [0.25, 0.3) is 11.8 Å². The monoisotopic (exact) mass is 380 g/mol. The lowest BCUT2D eigenvalue weighted by atomic mass is 10.1. The summed E-state index contributed by atoms with van der Waals surface area (Å²) in [5, 5.41) is 5.69. The van der Waals surface area contributed by atoms with Crippen LogP contribution in [-0.2, 0) is 4.74 Å². The van der Waals surface area contributed by atoms with Gasteiger partial charge in [-0.05, 0) is 49.2 Å². The van der Waals surface area contributed by atoms with Crippen molar-refractivity contribution < 1.29 is 19.1 Å². The molecule has 0 aromatic heterocycles. The van der Waals surface area contributed by atoms with Gasteiger partial charge in [-0.3, -0.25) is 9.59 Å². The first kappa shape index (κ1) is 19.6. The third-order valence-corrected chi connectivity index (χ3v) is 4.42. The van der Waals surface area contributed by atoms with Crippen LogP contribution in [0.4, 0.5) is 5.69 Å². The highest BCUT2D eigenvalue weighted by Gasteiger charge is 2.18. The number of carbonyl (C=O) groups excluding carboxylic acids is 2. The first-order valence-corrected chi connectivity index (χ1v) is 9.31. The Morgan fingerprint density at radius 1 is 1.14 bits per heavy atom. The van der Waals surface area contributed by atoms with E-state index >= 15 is 0 Å². The normalized spacial score (nSPS) is 15.6. The Morgan fingerprint density at radius 2 is 1.93 bits per heavy atom. The molecule has 1 aliphatic rings. The number of carbonyl (C=O) groups is 2. The molecule has 0 unspecified atom stereocenters. The predicted molar refractivity (Wildman–Crippen MR) is 108 cm³/mol. The highest BCUT2D eigenvalue weighted by atomic mass is 16.5. The number of benzene rings is 2. The van der Waals surface area contributed by atoms with Gasteiger partial charge in [-0.1, -0.05) is 24.8 Å². The van der Waals surface area contributed by atoms with E-state index in [-0.39, 0.29) is 17.9 Å². The molecule has 2 N–H and O–H groups in total. The van der Waals surface area contributed by atoms with Gasteiger partial charge >= 0.3 is 0 Å². The molecule has 0 aliphatic carbocycles. The Labute approximate surface area is 164 Å². The molecule has 6 heteroatoms. The van der Waals surface area contributed by atoms with Crippen molar-refractivity contribution in [2.45, 2.75) is 18.9 Å². The average molecular weight is 380 g/mol. The molecular formula is C22H24N2O4. The van der Waals surface area contributed by atoms with Crippen molar-refractivity contribution in [3.05, 3.63) is 72.3 Å². The molecule has 6 nitrogen and oxygen atoms in total. The summed E-state index contributed by atoms with van der Waals surface area (Å²) in [4.78, 5) is 25.1. The van der Waals surface area contributed by atoms with Crippen LogP contribution in [0.1, 0.15) is 33.6 Å². The Balaban J connectivity index is 1.64. The topological polar surface area (TPSA) is 76.7 Å². The Bertz CT molecular complexity index is 827. The molecule has 0 bridgehead atoms. The zero-order chi connectivity index (χ0) is 19.8. The molecule has 0 saturated carbocycles. The third kappa shape index (κ3) is 5.20. The molecule has 3 rings (SSSR count). The van der Waals surface area contributed by atoms with Gasteiger partial charge in [0.1, 0.15) is 12.4 Å². The zero-order valence-electron chi connectivity index (χ0n) is 15.6. The van der Waals surface area contributed by atoms with Crippen LogP contribution in [-0.4, -0.2) is 37.7 Å². The molecule has 2 aromatic rings. The molecule has 1 saturated heterocycles. The number of anilines is 1. The molecule has 0 radical (unpaired) electrons. The highest BCUT2D eigenvalue weighted by molar-refractivity contribution is 6.09. The van der Waals surface area contributed by atoms with Gasteiger partial charge in [-0.2, -0.15) is 0 Å². The number of hydrogen-bond donors (Lipinski definition) is 2. The SMILES string of the molecule is C=CCOc1ccc(C(=O)Nc2ccccc2C(=O)NC[C@@H]2CCCO2)cc1. The number of hydrogen-bond acceptors (Lipinski definition) is 4. The lowest BCUT2D eigenvalue weighted by molar-refractivity contribution is 0.0858. The van der Waals surface area contributed by atoms with Crippen molar-refractivity contribution in [2.24, 2.45) is 0 Å². The van der Waals surface area contributed by atoms with Gasteiger partial charge in [0.15, 0.2) is 0 Å². The number of rotatable bonds is 8. The van der Waals surface area contributed by atoms with Gasteiger partial charge in [-0.25, -0.2) is 0 Å². The van der Waals surface area contributed by atoms with Gasteiger partial charge in [-0.15, -0.1) is 0 Å². The standard InChI is InChI=1S/C22H24N2O4/c1-2-13-27-17-11-9-16(10-12-17)21(25)24-20-8-4-3-7-19(20)22(26)23-15-18-6-5-14-28-18/h2-4,7-12,18H,1,5-6,13-15H2,(H,23,26)(H,24,25)/t18-/m0/s1. The number of nitrogens with one attached hydrogen (secondary N) is 2. The van der Waals surface area contributed by atoms with E-state index in [1.54, 1.807) is 54.6 Å². The predicted octanol–water partition coefficient (Wildman–Crippen LogP) is 3.41. The number of para-hydroxylation sites is 1. The fourth-order valence-corrected chi connectivity index (χ4v) is 2.95. The quantitative estimate of drug-likeness (QED) is 0.688. The summed E-state index contributed by atoms with van der Waals surface area (Å²) in [5.74, 6) is 0.125. The maximum atomic E-state index is 12.6. The lowest BCUT2D eigenvalue weighted by Crippen LogP contribution is -2.32. The van der Waals surface area contributed by atoms with Crippen LogP contribution in [0, 0.1) is 0 Å². The summed E-state index contributed by atoms with van der Waals surface area (Å²) in [6, 6.07) is 13.7. The van der Waals surface area contributed by atoms with E-state index in [9.17, 15) is 9.59 Å². The van der Waals surface area contributed by atoms with Crippen molar-refractivity contribution >= 4 is 17.5 Å². The fourth-order valence-electron chi connectivity index (χ4n) is 2.95. The van der Waals surface area contributed by atoms with Crippen LogP contribution in [0.15, 0.2) is 61.2 Å². The molecule has 2 aromatic carbocycles. The van der Waals surface area contributed by atoms with Crippen LogP contribution in [0.25, 0.3) is 0 Å². The lowest BCUT2D eigenvalue weighted by Gasteiger charge is -2.14. The minimum absolute atomic E-state index is 0.0625. The van der Waals surface area contributed by atoms with Gasteiger partial charge in [0, 0.05) is 18.7 Å². The molecule has 1 fully saturated rings. The number of amides is 2. The molecule has 2 amide bonds. The van der Waals surface area contributed by atoms with Crippen LogP contribution in [0.3, 0.4) is 0 Å². The maximum absolute atomic E-state index is 12.6. The molecule has 0 spiro atoms. The second kappa shape index (κ2) is 9.71. The molecule has 28 heavy (non-hydrogen) atoms. The average Bonchev–Trinajstić information content (AvgIpc) is 3.25. The van der Waals surface area contributed by atoms with Crippen molar-refractivity contribution in [1.29, 1.82) is 0 Å². The van der Waals surface area contributed by atoms with Crippen LogP contribution in [0.2, 0.25) is 0 Å². The van der Waals surface area contributed by atoms with E-state index in [1.165, 1.54) is 0 Å². The Kier molecular flexibility index (Phi) is 6.81. The van der Waals surface area contributed by atoms with Crippen LogP contribution >= 0.6 is 0 Å². The maximum Gasteiger partial charge on any atom is 0.255 e. The van der Waals surface area contributed by atoms with E-state index in [1.807, 2.05) is 0 Å². The summed E-state index contributed by atoms with van der Waals surface area (Å²) >= 11 is 0. The first-order chi connectivity index (χ1) is 13.7. The third-order valence-electron chi connectivity index (χ3n) is 4.42. The van der Waals surface area contributed by atoms with Gasteiger partial charge in [0.05, 0.1) is 17.4 Å². The van der Waals surface area contributed by atoms with E-state index < -0.39 is 0 Å². The molecule has 1 aliphatic heterocycles. The van der Waals surface area contributed by atoms with Crippen LogP contribution in [0.5, 0.6) is 5.75 Å². The second-order valence-corrected chi connectivity index (χ2v) is 6.47. The summed E-state index contributed by atoms with van der Waals surface area (Å²) in [5.41, 5.74) is 1.35. The zero-order valence-corrected chi connectivity index (χ0v) is 15.6. The van der Waals surface area contributed by atoms with Crippen molar-refractivity contribution in [3.8, 4) is 5.75 Å². The van der Waals surface area contributed by atoms with E-state index in [0.717, 1.165) is 19.4 Å². The van der Waals surface area contributed by atoms with Gasteiger partial charge < -0.3 is 20.1 Å². The van der Waals surface area contributed by atoms with E-state index in [4.69, 9.17) is 9.47 Å². The van der Waals surface area contributed by atoms with Crippen molar-refractivity contribution in [2.75, 3.05) is 25.1 Å². The highest BCUT2D eigenvalue weighted by Crippen LogP contribution is 2.18. The smallest absolute Gasteiger partial charge is 0.255 e. The van der Waals surface area contributed by atoms with Crippen molar-refractivity contribution in [3.63, 3.8) is 0 Å². The van der Waals surface area contributed by atoms with E-state index in [0.29, 0.717) is 35.7 Å². The Hall–Kier alpha value is -3.12. The summed E-state index contributed by atoms with van der Waals surface area (Å²) in [6.07, 6.45) is 3.68. The summed E-state index contributed by atoms with van der Waals surface area (Å²) < 4.78 is 10.9. The van der Waals surface area contributed by atoms with Gasteiger partial charge in [0.2, 0.25) is 0 Å². The summed E-state index contributed by atoms with van der Waals surface area (Å²) in [7, 11) is 0. The summed E-state index contributed by atoms with van der Waals surface area (Å²) in [6.45, 7) is 5.21. The molecule has 146 valence electrons. The molecule has 1 atom stereocenters. The minimum atomic E-state index is -0.297. The van der Waals surface area contributed by atoms with Crippen molar-refractivity contribution in [1.82, 2.24) is 5.32 Å². The Morgan fingerprint density at radius 3 is 2.64 bits per heavy atom. The molecule has 1 heterocycles. The molecular weight excluding hydrogens is 356 g/mol. The largest absolute Gasteiger partial charge is 0.490 e. The number of ether oxygens (including phenoxy) is 2. The van der Waals surface area contributed by atoms with E-state index in [2.05, 4.69) is 17.2 Å². The minimum Gasteiger partial charge on any atom is -0.490 e. The van der Waals surface area contributed by atoms with Crippen LogP contribution < -0.4 is 15.4 Å². The fraction of sp³-hybridized carbons (Fsp3) is 0.273.